The first-order chi connectivity index (χ1) is 14.4. The quantitative estimate of drug-likeness (QED) is 0.0866. The zero-order valence-electron chi connectivity index (χ0n) is 18.6. The Labute approximate surface area is 181 Å². The van der Waals surface area contributed by atoms with Gasteiger partial charge in [-0.05, 0) is 32.1 Å². The number of carbonyl (C=O) groups is 1. The lowest BCUT2D eigenvalue weighted by Gasteiger charge is -2.25. The lowest BCUT2D eigenvalue weighted by atomic mass is 10.1. The fourth-order valence-electron chi connectivity index (χ4n) is 3.11. The van der Waals surface area contributed by atoms with Gasteiger partial charge in [-0.1, -0.05) is 70.4 Å². The monoisotopic (exact) mass is 432 g/mol. The third kappa shape index (κ3) is 15.8. The molecule has 0 amide bonds. The van der Waals surface area contributed by atoms with Gasteiger partial charge in [-0.3, -0.25) is 4.79 Å². The molecule has 0 aromatic heterocycles. The van der Waals surface area contributed by atoms with Gasteiger partial charge >= 0.3 is 5.97 Å². The van der Waals surface area contributed by atoms with Gasteiger partial charge in [0.15, 0.2) is 0 Å². The maximum atomic E-state index is 11.7. The summed E-state index contributed by atoms with van der Waals surface area (Å²) in [5.74, 6) is -0.676. The van der Waals surface area contributed by atoms with Gasteiger partial charge in [-0.15, -0.1) is 0 Å². The van der Waals surface area contributed by atoms with Gasteiger partial charge in [0.2, 0.25) is 6.29 Å². The zero-order chi connectivity index (χ0) is 22.6. The number of unbranched alkanes of at least 4 members (excludes halogenated alkanes) is 11. The molecule has 0 heterocycles. The summed E-state index contributed by atoms with van der Waals surface area (Å²) in [4.78, 5) is 11.7. The number of hydrogen-bond acceptors (Lipinski definition) is 7. The van der Waals surface area contributed by atoms with Crippen LogP contribution >= 0.6 is 0 Å². The second kappa shape index (κ2) is 19.9. The van der Waals surface area contributed by atoms with Crippen LogP contribution in [0.5, 0.6) is 0 Å². The molecule has 7 heteroatoms. The Morgan fingerprint density at radius 2 is 1.27 bits per heavy atom. The molecule has 0 saturated heterocycles. The molecule has 0 bridgehead atoms. The van der Waals surface area contributed by atoms with E-state index in [-0.39, 0.29) is 6.42 Å². The molecule has 0 aromatic rings. The molecule has 0 rings (SSSR count). The summed E-state index contributed by atoms with van der Waals surface area (Å²) in [6, 6.07) is 0. The highest BCUT2D eigenvalue weighted by Gasteiger charge is 2.32. The highest BCUT2D eigenvalue weighted by Crippen LogP contribution is 2.12. The number of ether oxygens (including phenoxy) is 1. The maximum absolute atomic E-state index is 11.7. The minimum Gasteiger partial charge on any atom is -0.433 e. The number of hydrogen-bond donors (Lipinski definition) is 5. The van der Waals surface area contributed by atoms with Gasteiger partial charge in [0.25, 0.3) is 0 Å². The molecule has 0 spiro atoms. The first-order valence-corrected chi connectivity index (χ1v) is 11.6. The third-order valence-corrected chi connectivity index (χ3v) is 5.12. The van der Waals surface area contributed by atoms with Crippen LogP contribution in [0, 0.1) is 0 Å². The third-order valence-electron chi connectivity index (χ3n) is 5.12. The zero-order valence-corrected chi connectivity index (χ0v) is 18.6. The second-order valence-electron chi connectivity index (χ2n) is 7.95. The number of allylic oxidation sites excluding steroid dienone is 2. The van der Waals surface area contributed by atoms with Crippen LogP contribution in [0.25, 0.3) is 0 Å². The van der Waals surface area contributed by atoms with E-state index in [0.717, 1.165) is 32.1 Å². The van der Waals surface area contributed by atoms with Gasteiger partial charge < -0.3 is 30.3 Å². The molecule has 0 aliphatic rings. The molecule has 7 nitrogen and oxygen atoms in total. The lowest BCUT2D eigenvalue weighted by Crippen LogP contribution is -2.47. The fraction of sp³-hybridized carbons (Fsp3) is 0.870. The molecule has 30 heavy (non-hydrogen) atoms. The first kappa shape index (κ1) is 29.0. The summed E-state index contributed by atoms with van der Waals surface area (Å²) in [7, 11) is 0. The van der Waals surface area contributed by atoms with E-state index in [1.54, 1.807) is 0 Å². The van der Waals surface area contributed by atoms with E-state index in [9.17, 15) is 25.2 Å². The molecule has 5 N–H and O–H groups in total. The summed E-state index contributed by atoms with van der Waals surface area (Å²) in [6.07, 6.45) is 12.4. The normalized spacial score (nSPS) is 15.8. The Morgan fingerprint density at radius 1 is 0.767 bits per heavy atom. The van der Waals surface area contributed by atoms with Crippen molar-refractivity contribution in [2.24, 2.45) is 0 Å². The Kier molecular flexibility index (Phi) is 19.3. The summed E-state index contributed by atoms with van der Waals surface area (Å²) in [6.45, 7) is 1.45. The Morgan fingerprint density at radius 3 is 1.80 bits per heavy atom. The van der Waals surface area contributed by atoms with Crippen molar-refractivity contribution in [1.29, 1.82) is 0 Å². The molecule has 0 radical (unpaired) electrons. The van der Waals surface area contributed by atoms with Gasteiger partial charge in [-0.25, -0.2) is 0 Å². The number of carbonyl (C=O) groups excluding carboxylic acids is 1. The highest BCUT2D eigenvalue weighted by molar-refractivity contribution is 5.69. The molecule has 0 aliphatic heterocycles. The predicted molar refractivity (Wildman–Crippen MR) is 117 cm³/mol. The average molecular weight is 433 g/mol. The van der Waals surface area contributed by atoms with E-state index < -0.39 is 37.2 Å². The maximum Gasteiger partial charge on any atom is 0.308 e. The Hall–Kier alpha value is -0.990. The number of aliphatic hydroxyl groups excluding tert-OH is 5. The topological polar surface area (TPSA) is 127 Å². The van der Waals surface area contributed by atoms with Crippen molar-refractivity contribution in [3.05, 3.63) is 12.2 Å². The highest BCUT2D eigenvalue weighted by atomic mass is 16.6. The van der Waals surface area contributed by atoms with Crippen LogP contribution in [0.4, 0.5) is 0 Å². The van der Waals surface area contributed by atoms with Crippen LogP contribution < -0.4 is 0 Å². The number of aliphatic hydroxyl groups is 5. The number of rotatable bonds is 20. The molecule has 0 unspecified atom stereocenters. The van der Waals surface area contributed by atoms with E-state index in [4.69, 9.17) is 5.11 Å². The van der Waals surface area contributed by atoms with Crippen molar-refractivity contribution in [3.8, 4) is 0 Å². The molecular weight excluding hydrogens is 388 g/mol. The smallest absolute Gasteiger partial charge is 0.308 e. The van der Waals surface area contributed by atoms with Crippen LogP contribution in [0.2, 0.25) is 0 Å². The molecule has 0 aliphatic carbocycles. The van der Waals surface area contributed by atoms with E-state index in [1.807, 2.05) is 0 Å². The van der Waals surface area contributed by atoms with E-state index in [0.29, 0.717) is 6.42 Å². The standard InChI is InChI=1S/C23H44O7/c1-2-3-4-5-6-7-8-9-10-11-12-13-14-15-16-17-20(26)30-23(29)22(28)21(27)19(25)18-24/h9-10,19,21-25,27-29H,2-8,11-18H2,1H3/b10-9-/t19-,21-,22+,23+/m1/s1. The van der Waals surface area contributed by atoms with Crippen LogP contribution in [0.1, 0.15) is 96.8 Å². The van der Waals surface area contributed by atoms with E-state index in [2.05, 4.69) is 23.8 Å². The van der Waals surface area contributed by atoms with Crippen molar-refractivity contribution in [2.45, 2.75) is 121 Å². The lowest BCUT2D eigenvalue weighted by molar-refractivity contribution is -0.209. The van der Waals surface area contributed by atoms with Crippen molar-refractivity contribution >= 4 is 5.97 Å². The second-order valence-corrected chi connectivity index (χ2v) is 7.95. The van der Waals surface area contributed by atoms with Crippen LogP contribution in [-0.4, -0.2) is 62.7 Å². The van der Waals surface area contributed by atoms with Gasteiger partial charge in [0.1, 0.15) is 18.3 Å². The largest absolute Gasteiger partial charge is 0.433 e. The van der Waals surface area contributed by atoms with Gasteiger partial charge in [0.05, 0.1) is 6.61 Å². The van der Waals surface area contributed by atoms with Gasteiger partial charge in [-0.2, -0.15) is 0 Å². The fourth-order valence-corrected chi connectivity index (χ4v) is 3.11. The molecule has 0 fully saturated rings. The SMILES string of the molecule is CCCCCCCC/C=C\CCCCCCCC(=O)O[C@H](O)[C@@H](O)[C@H](O)[C@H](O)CO. The minimum atomic E-state index is -1.95. The molecule has 4 atom stereocenters. The van der Waals surface area contributed by atoms with Gasteiger partial charge in [0, 0.05) is 6.42 Å². The van der Waals surface area contributed by atoms with Crippen LogP contribution in [0.15, 0.2) is 12.2 Å². The summed E-state index contributed by atoms with van der Waals surface area (Å²) >= 11 is 0. The minimum absolute atomic E-state index is 0.112. The summed E-state index contributed by atoms with van der Waals surface area (Å²) in [5.41, 5.74) is 0. The van der Waals surface area contributed by atoms with Crippen molar-refractivity contribution in [2.75, 3.05) is 6.61 Å². The van der Waals surface area contributed by atoms with Crippen molar-refractivity contribution in [1.82, 2.24) is 0 Å². The molecule has 0 aromatic carbocycles. The summed E-state index contributed by atoms with van der Waals surface area (Å²) in [5, 5.41) is 46.6. The molecule has 0 saturated carbocycles. The van der Waals surface area contributed by atoms with Crippen molar-refractivity contribution in [3.63, 3.8) is 0 Å². The molecular formula is C23H44O7. The summed E-state index contributed by atoms with van der Waals surface area (Å²) < 4.78 is 4.65. The Bertz CT molecular complexity index is 428. The predicted octanol–water partition coefficient (Wildman–Crippen LogP) is 2.96. The van der Waals surface area contributed by atoms with Crippen LogP contribution in [-0.2, 0) is 9.53 Å². The average Bonchev–Trinajstić information content (AvgIpc) is 2.74. The molecule has 178 valence electrons. The van der Waals surface area contributed by atoms with E-state index >= 15 is 0 Å². The van der Waals surface area contributed by atoms with Crippen LogP contribution in [0.3, 0.4) is 0 Å². The van der Waals surface area contributed by atoms with E-state index in [1.165, 1.54) is 44.9 Å². The van der Waals surface area contributed by atoms with Crippen molar-refractivity contribution < 1.29 is 35.1 Å². The number of esters is 1. The Balaban J connectivity index is 3.57. The first-order valence-electron chi connectivity index (χ1n) is 11.6.